The van der Waals surface area contributed by atoms with Gasteiger partial charge in [0.1, 0.15) is 5.69 Å². The molecule has 2 aliphatic rings. The Hall–Kier alpha value is -1.91. The van der Waals surface area contributed by atoms with Gasteiger partial charge in [0, 0.05) is 6.20 Å². The number of nitrogens with two attached hydrogens (primary N) is 1. The number of amides is 1. The fourth-order valence-electron chi connectivity index (χ4n) is 1.06. The van der Waals surface area contributed by atoms with E-state index in [4.69, 9.17) is 5.73 Å². The quantitative estimate of drug-likeness (QED) is 0.605. The molecule has 2 N–H and O–H groups in total. The van der Waals surface area contributed by atoms with Gasteiger partial charge in [-0.2, -0.15) is 5.10 Å². The lowest BCUT2D eigenvalue weighted by atomic mass is 10.3. The molecule has 0 radical (unpaired) electrons. The van der Waals surface area contributed by atoms with E-state index in [1.165, 1.54) is 10.8 Å². The van der Waals surface area contributed by atoms with Crippen molar-refractivity contribution >= 4 is 6.03 Å². The fraction of sp³-hybridized carbons (Fsp3) is 0. The molecule has 2 heterocycles. The van der Waals surface area contributed by atoms with Crippen molar-refractivity contribution in [2.75, 3.05) is 0 Å². The summed E-state index contributed by atoms with van der Waals surface area (Å²) in [6.45, 7) is 0. The van der Waals surface area contributed by atoms with E-state index in [0.29, 0.717) is 11.4 Å². The first-order valence-corrected chi connectivity index (χ1v) is 3.37. The summed E-state index contributed by atoms with van der Waals surface area (Å²) in [6, 6.07) is 2.93. The Labute approximate surface area is 68.2 Å². The molecule has 0 fully saturated rings. The normalized spacial score (nSPS) is 10.3. The lowest BCUT2D eigenvalue weighted by Gasteiger charge is -2.04. The number of pyridine rings is 1. The summed E-state index contributed by atoms with van der Waals surface area (Å²) in [5, 5.41) is 7.45. The lowest BCUT2D eigenvalue weighted by Crippen LogP contribution is -2.20. The van der Waals surface area contributed by atoms with E-state index in [2.05, 4.69) is 10.2 Å². The monoisotopic (exact) mass is 162 g/mol. The zero-order valence-electron chi connectivity index (χ0n) is 6.14. The number of rotatable bonds is 0. The lowest BCUT2D eigenvalue weighted by molar-refractivity contribution is 0.250. The minimum absolute atomic E-state index is 0.532. The number of aromatic nitrogens is 3. The number of carbonyl (C=O) groups is 1. The molecule has 5 nitrogen and oxygen atoms in total. The molecule has 0 saturated heterocycles. The third-order valence-electron chi connectivity index (χ3n) is 1.59. The Kier molecular flexibility index (Phi) is 1.30. The van der Waals surface area contributed by atoms with Crippen LogP contribution in [0.3, 0.4) is 0 Å². The summed E-state index contributed by atoms with van der Waals surface area (Å²) in [5.41, 5.74) is 6.40. The Morgan fingerprint density at radius 3 is 3.17 bits per heavy atom. The van der Waals surface area contributed by atoms with Gasteiger partial charge < -0.3 is 5.73 Å². The Balaban J connectivity index is 2.71. The predicted molar refractivity (Wildman–Crippen MR) is 41.6 cm³/mol. The Bertz CT molecular complexity index is 394. The fourth-order valence-corrected chi connectivity index (χ4v) is 1.06. The highest BCUT2D eigenvalue weighted by Crippen LogP contribution is 2.16. The van der Waals surface area contributed by atoms with Crippen LogP contribution in [0.15, 0.2) is 24.5 Å². The van der Waals surface area contributed by atoms with Crippen LogP contribution in [-0.2, 0) is 0 Å². The third kappa shape index (κ3) is 0.833. The summed E-state index contributed by atoms with van der Waals surface area (Å²) in [4.78, 5) is 10.8. The highest BCUT2D eigenvalue weighted by molar-refractivity contribution is 5.80. The zero-order valence-corrected chi connectivity index (χ0v) is 6.14. The highest BCUT2D eigenvalue weighted by atomic mass is 16.2. The van der Waals surface area contributed by atoms with E-state index in [1.807, 2.05) is 0 Å². The van der Waals surface area contributed by atoms with Crippen molar-refractivity contribution < 1.29 is 4.79 Å². The van der Waals surface area contributed by atoms with Crippen LogP contribution in [0.1, 0.15) is 0 Å². The maximum absolute atomic E-state index is 10.8. The molecule has 0 saturated carbocycles. The first-order valence-electron chi connectivity index (χ1n) is 3.37. The summed E-state index contributed by atoms with van der Waals surface area (Å²) in [5.74, 6) is 0. The van der Waals surface area contributed by atoms with Crippen LogP contribution in [0.5, 0.6) is 0 Å². The van der Waals surface area contributed by atoms with Crippen LogP contribution in [0.25, 0.3) is 11.4 Å². The molecule has 2 aliphatic heterocycles. The van der Waals surface area contributed by atoms with Gasteiger partial charge in [-0.15, -0.1) is 5.10 Å². The number of fused-ring (bicyclic) bond motifs is 1. The second-order valence-corrected chi connectivity index (χ2v) is 2.33. The van der Waals surface area contributed by atoms with Crippen LogP contribution in [0.2, 0.25) is 0 Å². The molecule has 0 atom stereocenters. The van der Waals surface area contributed by atoms with Crippen molar-refractivity contribution in [3.63, 3.8) is 0 Å². The van der Waals surface area contributed by atoms with Crippen molar-refractivity contribution in [3.05, 3.63) is 24.5 Å². The molecule has 0 aromatic carbocycles. The number of primary amides is 1. The summed E-state index contributed by atoms with van der Waals surface area (Å²) in [7, 11) is 0. The molecule has 0 spiro atoms. The SMILES string of the molecule is NC(=O)n1cccc2nncc1-2. The summed E-state index contributed by atoms with van der Waals surface area (Å²) >= 11 is 0. The molecule has 0 aromatic heterocycles. The van der Waals surface area contributed by atoms with Gasteiger partial charge in [0.25, 0.3) is 0 Å². The van der Waals surface area contributed by atoms with Crippen molar-refractivity contribution in [2.45, 2.75) is 0 Å². The largest absolute Gasteiger partial charge is 0.351 e. The first-order chi connectivity index (χ1) is 5.79. The zero-order chi connectivity index (χ0) is 8.55. The molecular weight excluding hydrogens is 156 g/mol. The van der Waals surface area contributed by atoms with Gasteiger partial charge >= 0.3 is 6.03 Å². The summed E-state index contributed by atoms with van der Waals surface area (Å²) < 4.78 is 1.30. The number of nitrogens with zero attached hydrogens (tertiary/aromatic N) is 3. The van der Waals surface area contributed by atoms with Gasteiger partial charge in [0.2, 0.25) is 0 Å². The maximum atomic E-state index is 10.8. The van der Waals surface area contributed by atoms with E-state index in [-0.39, 0.29) is 0 Å². The second kappa shape index (κ2) is 2.30. The van der Waals surface area contributed by atoms with Gasteiger partial charge in [-0.1, -0.05) is 0 Å². The van der Waals surface area contributed by atoms with E-state index >= 15 is 0 Å². The second-order valence-electron chi connectivity index (χ2n) is 2.33. The van der Waals surface area contributed by atoms with Crippen molar-refractivity contribution in [1.82, 2.24) is 14.8 Å². The predicted octanol–water partition coefficient (Wildman–Crippen LogP) is 0.310. The van der Waals surface area contributed by atoms with E-state index < -0.39 is 6.03 Å². The molecule has 0 unspecified atom stereocenters. The first kappa shape index (κ1) is 6.78. The average Bonchev–Trinajstić information content (AvgIpc) is 2.49. The molecule has 0 bridgehead atoms. The Morgan fingerprint density at radius 2 is 2.42 bits per heavy atom. The van der Waals surface area contributed by atoms with Gasteiger partial charge in [0.15, 0.2) is 0 Å². The molecule has 12 heavy (non-hydrogen) atoms. The highest BCUT2D eigenvalue weighted by Gasteiger charge is 2.10. The van der Waals surface area contributed by atoms with Crippen LogP contribution in [-0.4, -0.2) is 20.8 Å². The maximum Gasteiger partial charge on any atom is 0.323 e. The van der Waals surface area contributed by atoms with Crippen LogP contribution in [0.4, 0.5) is 4.79 Å². The van der Waals surface area contributed by atoms with Crippen LogP contribution in [0, 0.1) is 0 Å². The Morgan fingerprint density at radius 1 is 1.58 bits per heavy atom. The number of hydrogen-bond acceptors (Lipinski definition) is 3. The minimum Gasteiger partial charge on any atom is -0.351 e. The summed E-state index contributed by atoms with van der Waals surface area (Å²) in [6.07, 6.45) is 3.08. The molecular formula is C7H6N4O. The van der Waals surface area contributed by atoms with Gasteiger partial charge in [-0.25, -0.2) is 4.79 Å². The molecule has 1 amide bonds. The van der Waals surface area contributed by atoms with E-state index in [1.54, 1.807) is 18.3 Å². The van der Waals surface area contributed by atoms with Gasteiger partial charge in [-0.05, 0) is 12.1 Å². The van der Waals surface area contributed by atoms with Crippen molar-refractivity contribution in [2.24, 2.45) is 5.73 Å². The molecule has 60 valence electrons. The topological polar surface area (TPSA) is 73.8 Å². The van der Waals surface area contributed by atoms with Crippen molar-refractivity contribution in [3.8, 4) is 11.4 Å². The van der Waals surface area contributed by atoms with Gasteiger partial charge in [0.05, 0.1) is 11.9 Å². The standard InChI is InChI=1S/C7H6N4O/c8-7(12)11-3-1-2-5-6(11)4-9-10-5/h1-4H,(H2,8,12). The van der Waals surface area contributed by atoms with Gasteiger partial charge in [-0.3, -0.25) is 4.57 Å². The van der Waals surface area contributed by atoms with Crippen molar-refractivity contribution in [1.29, 1.82) is 0 Å². The smallest absolute Gasteiger partial charge is 0.323 e. The average molecular weight is 162 g/mol. The van der Waals surface area contributed by atoms with Crippen LogP contribution >= 0.6 is 0 Å². The number of carbonyl (C=O) groups excluding carboxylic acids is 1. The molecule has 0 aromatic rings. The van der Waals surface area contributed by atoms with Crippen LogP contribution < -0.4 is 5.73 Å². The minimum atomic E-state index is -0.532. The van der Waals surface area contributed by atoms with E-state index in [0.717, 1.165) is 0 Å². The third-order valence-corrected chi connectivity index (χ3v) is 1.59. The molecule has 0 aliphatic carbocycles. The molecule has 2 rings (SSSR count). The van der Waals surface area contributed by atoms with E-state index in [9.17, 15) is 4.79 Å². The molecule has 5 heteroatoms. The number of hydrogen-bond donors (Lipinski definition) is 1.